The van der Waals surface area contributed by atoms with Crippen molar-refractivity contribution in [2.75, 3.05) is 7.05 Å². The molecule has 0 radical (unpaired) electrons. The predicted molar refractivity (Wildman–Crippen MR) is 57.8 cm³/mol. The molecule has 0 N–H and O–H groups in total. The Labute approximate surface area is 87.6 Å². The van der Waals surface area contributed by atoms with Crippen molar-refractivity contribution in [1.82, 2.24) is 5.06 Å². The molecule has 4 atom stereocenters. The largest absolute Gasteiger partial charge is 0.293 e. The summed E-state index contributed by atoms with van der Waals surface area (Å²) in [6, 6.07) is 0.640. The Morgan fingerprint density at radius 2 is 1.86 bits per heavy atom. The summed E-state index contributed by atoms with van der Waals surface area (Å²) in [7, 11) is 2.10. The third kappa shape index (κ3) is 1.49. The Morgan fingerprint density at radius 1 is 1.21 bits per heavy atom. The molecule has 1 aliphatic carbocycles. The molecule has 2 aliphatic rings. The van der Waals surface area contributed by atoms with Crippen LogP contribution in [0.3, 0.4) is 0 Å². The molecule has 0 bridgehead atoms. The van der Waals surface area contributed by atoms with Gasteiger partial charge in [0.05, 0.1) is 5.60 Å². The normalized spacial score (nSPS) is 47.8. The van der Waals surface area contributed by atoms with Crippen molar-refractivity contribution < 1.29 is 4.84 Å². The van der Waals surface area contributed by atoms with Crippen LogP contribution in [0.15, 0.2) is 0 Å². The number of nitrogens with zero attached hydrogens (tertiary/aromatic N) is 1. The molecule has 0 aromatic heterocycles. The molecule has 1 saturated carbocycles. The first kappa shape index (κ1) is 10.4. The first-order valence-electron chi connectivity index (χ1n) is 5.84. The maximum absolute atomic E-state index is 5.95. The Kier molecular flexibility index (Phi) is 2.39. The smallest absolute Gasteiger partial charge is 0.0887 e. The van der Waals surface area contributed by atoms with E-state index in [-0.39, 0.29) is 5.60 Å². The molecule has 2 rings (SSSR count). The van der Waals surface area contributed by atoms with E-state index in [4.69, 9.17) is 4.84 Å². The van der Waals surface area contributed by atoms with E-state index in [1.165, 1.54) is 12.8 Å². The van der Waals surface area contributed by atoms with Gasteiger partial charge in [-0.2, -0.15) is 5.06 Å². The minimum absolute atomic E-state index is 0.0440. The van der Waals surface area contributed by atoms with Crippen LogP contribution in [0.4, 0.5) is 0 Å². The van der Waals surface area contributed by atoms with Crippen molar-refractivity contribution in [1.29, 1.82) is 0 Å². The molecule has 14 heavy (non-hydrogen) atoms. The zero-order chi connectivity index (χ0) is 10.5. The van der Waals surface area contributed by atoms with Gasteiger partial charge in [0, 0.05) is 19.0 Å². The zero-order valence-electron chi connectivity index (χ0n) is 10.1. The average Bonchev–Trinajstić information content (AvgIpc) is 2.21. The lowest BCUT2D eigenvalue weighted by atomic mass is 9.68. The number of hydroxylamine groups is 2. The molecule has 2 fully saturated rings. The lowest BCUT2D eigenvalue weighted by Crippen LogP contribution is -2.42. The van der Waals surface area contributed by atoms with Gasteiger partial charge >= 0.3 is 0 Å². The second kappa shape index (κ2) is 3.21. The fourth-order valence-electron chi connectivity index (χ4n) is 3.65. The van der Waals surface area contributed by atoms with Crippen LogP contribution in [0.1, 0.15) is 40.5 Å². The quantitative estimate of drug-likeness (QED) is 0.592. The summed E-state index contributed by atoms with van der Waals surface area (Å²) in [5.41, 5.74) is 0.0440. The third-order valence-corrected chi connectivity index (χ3v) is 4.12. The van der Waals surface area contributed by atoms with Gasteiger partial charge in [-0.15, -0.1) is 0 Å². The minimum atomic E-state index is 0.0440. The van der Waals surface area contributed by atoms with Crippen LogP contribution in [-0.2, 0) is 4.84 Å². The Balaban J connectivity index is 2.23. The summed E-state index contributed by atoms with van der Waals surface area (Å²) in [6.45, 7) is 9.22. The fourth-order valence-corrected chi connectivity index (χ4v) is 3.65. The van der Waals surface area contributed by atoms with Gasteiger partial charge in [-0.25, -0.2) is 0 Å². The van der Waals surface area contributed by atoms with E-state index in [1.807, 2.05) is 0 Å². The lowest BCUT2D eigenvalue weighted by molar-refractivity contribution is -0.182. The molecule has 4 unspecified atom stereocenters. The molecule has 1 aliphatic heterocycles. The first-order valence-corrected chi connectivity index (χ1v) is 5.84. The summed E-state index contributed by atoms with van der Waals surface area (Å²) < 4.78 is 0. The number of hydrogen-bond donors (Lipinski definition) is 0. The SMILES string of the molecule is CC1CC(C)C2C(C1)C(C)(C)ON2C. The summed E-state index contributed by atoms with van der Waals surface area (Å²) in [4.78, 5) is 5.95. The molecule has 2 heteroatoms. The van der Waals surface area contributed by atoms with Gasteiger partial charge in [0.15, 0.2) is 0 Å². The predicted octanol–water partition coefficient (Wildman–Crippen LogP) is 2.69. The minimum Gasteiger partial charge on any atom is -0.293 e. The molecule has 1 heterocycles. The van der Waals surface area contributed by atoms with E-state index >= 15 is 0 Å². The molecule has 1 saturated heterocycles. The van der Waals surface area contributed by atoms with Crippen molar-refractivity contribution in [3.63, 3.8) is 0 Å². The van der Waals surface area contributed by atoms with Crippen LogP contribution >= 0.6 is 0 Å². The van der Waals surface area contributed by atoms with E-state index in [0.717, 1.165) is 11.8 Å². The highest BCUT2D eigenvalue weighted by Crippen LogP contribution is 2.47. The van der Waals surface area contributed by atoms with Crippen LogP contribution in [-0.4, -0.2) is 23.8 Å². The zero-order valence-corrected chi connectivity index (χ0v) is 10.1. The molecule has 0 aromatic rings. The molecule has 82 valence electrons. The standard InChI is InChI=1S/C12H23NO/c1-8-6-9(2)11-10(7-8)12(3,4)14-13(11)5/h8-11H,6-7H2,1-5H3. The van der Waals surface area contributed by atoms with Crippen LogP contribution in [0.5, 0.6) is 0 Å². The third-order valence-electron chi connectivity index (χ3n) is 4.12. The Bertz CT molecular complexity index is 226. The summed E-state index contributed by atoms with van der Waals surface area (Å²) in [6.07, 6.45) is 2.68. The van der Waals surface area contributed by atoms with Gasteiger partial charge in [0.25, 0.3) is 0 Å². The Hall–Kier alpha value is -0.0800. The van der Waals surface area contributed by atoms with E-state index in [9.17, 15) is 0 Å². The molecule has 0 spiro atoms. The van der Waals surface area contributed by atoms with Crippen molar-refractivity contribution in [2.45, 2.75) is 52.2 Å². The van der Waals surface area contributed by atoms with Gasteiger partial charge in [-0.1, -0.05) is 13.8 Å². The van der Waals surface area contributed by atoms with Gasteiger partial charge in [-0.05, 0) is 38.5 Å². The monoisotopic (exact) mass is 197 g/mol. The van der Waals surface area contributed by atoms with Crippen LogP contribution in [0, 0.1) is 17.8 Å². The van der Waals surface area contributed by atoms with Gasteiger partial charge in [-0.3, -0.25) is 4.84 Å². The average molecular weight is 197 g/mol. The van der Waals surface area contributed by atoms with E-state index in [2.05, 4.69) is 39.8 Å². The highest BCUT2D eigenvalue weighted by molar-refractivity contribution is 4.98. The van der Waals surface area contributed by atoms with Crippen LogP contribution in [0.25, 0.3) is 0 Å². The highest BCUT2D eigenvalue weighted by Gasteiger charge is 2.51. The van der Waals surface area contributed by atoms with E-state index in [1.54, 1.807) is 0 Å². The van der Waals surface area contributed by atoms with Gasteiger partial charge in [0.1, 0.15) is 0 Å². The van der Waals surface area contributed by atoms with Gasteiger partial charge < -0.3 is 0 Å². The highest BCUT2D eigenvalue weighted by atomic mass is 16.7. The van der Waals surface area contributed by atoms with Crippen molar-refractivity contribution in [3.8, 4) is 0 Å². The molecule has 2 nitrogen and oxygen atoms in total. The second-order valence-corrected chi connectivity index (χ2v) is 5.89. The second-order valence-electron chi connectivity index (χ2n) is 5.89. The summed E-state index contributed by atoms with van der Waals surface area (Å²) >= 11 is 0. The number of hydrogen-bond acceptors (Lipinski definition) is 2. The topological polar surface area (TPSA) is 12.5 Å². The van der Waals surface area contributed by atoms with E-state index in [0.29, 0.717) is 12.0 Å². The van der Waals surface area contributed by atoms with Crippen molar-refractivity contribution in [2.24, 2.45) is 17.8 Å². The van der Waals surface area contributed by atoms with Crippen molar-refractivity contribution in [3.05, 3.63) is 0 Å². The van der Waals surface area contributed by atoms with Crippen LogP contribution < -0.4 is 0 Å². The van der Waals surface area contributed by atoms with Gasteiger partial charge in [0.2, 0.25) is 0 Å². The molecule has 0 aromatic carbocycles. The maximum atomic E-state index is 5.95. The summed E-state index contributed by atoms with van der Waals surface area (Å²) in [5.74, 6) is 2.35. The molecular formula is C12H23NO. The van der Waals surface area contributed by atoms with Crippen molar-refractivity contribution >= 4 is 0 Å². The van der Waals surface area contributed by atoms with E-state index < -0.39 is 0 Å². The Morgan fingerprint density at radius 3 is 2.50 bits per heavy atom. The molecule has 0 amide bonds. The number of rotatable bonds is 0. The first-order chi connectivity index (χ1) is 6.42. The number of fused-ring (bicyclic) bond motifs is 1. The van der Waals surface area contributed by atoms with Crippen LogP contribution in [0.2, 0.25) is 0 Å². The molecular weight excluding hydrogens is 174 g/mol. The fraction of sp³-hybridized carbons (Fsp3) is 1.00. The maximum Gasteiger partial charge on any atom is 0.0887 e. The lowest BCUT2D eigenvalue weighted by Gasteiger charge is -2.38. The summed E-state index contributed by atoms with van der Waals surface area (Å²) in [5, 5.41) is 2.11.